The second kappa shape index (κ2) is 6.32. The summed E-state index contributed by atoms with van der Waals surface area (Å²) in [6.45, 7) is 3.10. The van der Waals surface area contributed by atoms with Gasteiger partial charge in [0.05, 0.1) is 15.5 Å². The fourth-order valence-corrected chi connectivity index (χ4v) is 2.71. The van der Waals surface area contributed by atoms with Crippen molar-refractivity contribution in [3.63, 3.8) is 0 Å². The first-order valence-electron chi connectivity index (χ1n) is 6.46. The molecule has 0 radical (unpaired) electrons. The molecule has 2 rings (SSSR count). The summed E-state index contributed by atoms with van der Waals surface area (Å²) >= 11 is 6.10. The molecule has 0 saturated carbocycles. The molecule has 5 nitrogen and oxygen atoms in total. The molecule has 1 saturated heterocycles. The van der Waals surface area contributed by atoms with Crippen LogP contribution in [0.15, 0.2) is 18.2 Å². The Balaban J connectivity index is 2.09. The fraction of sp³-hybridized carbons (Fsp3) is 0.538. The van der Waals surface area contributed by atoms with Gasteiger partial charge in [-0.3, -0.25) is 15.0 Å². The van der Waals surface area contributed by atoms with Crippen molar-refractivity contribution >= 4 is 17.3 Å². The van der Waals surface area contributed by atoms with E-state index in [0.29, 0.717) is 23.0 Å². The van der Waals surface area contributed by atoms with Crippen LogP contribution in [0.2, 0.25) is 5.02 Å². The van der Waals surface area contributed by atoms with Crippen molar-refractivity contribution in [2.75, 3.05) is 19.6 Å². The van der Waals surface area contributed by atoms with E-state index in [1.165, 1.54) is 6.07 Å². The van der Waals surface area contributed by atoms with Crippen molar-refractivity contribution in [1.82, 2.24) is 4.90 Å². The van der Waals surface area contributed by atoms with Crippen molar-refractivity contribution in [3.8, 4) is 0 Å². The number of benzene rings is 1. The Bertz CT molecular complexity index is 459. The predicted molar refractivity (Wildman–Crippen MR) is 75.2 cm³/mol. The van der Waals surface area contributed by atoms with E-state index >= 15 is 0 Å². The van der Waals surface area contributed by atoms with Gasteiger partial charge in [0.1, 0.15) is 0 Å². The van der Waals surface area contributed by atoms with Crippen molar-refractivity contribution in [3.05, 3.63) is 38.9 Å². The van der Waals surface area contributed by atoms with Crippen molar-refractivity contribution in [2.24, 2.45) is 11.7 Å². The highest BCUT2D eigenvalue weighted by Crippen LogP contribution is 2.29. The van der Waals surface area contributed by atoms with Gasteiger partial charge in [-0.2, -0.15) is 0 Å². The summed E-state index contributed by atoms with van der Waals surface area (Å²) in [5, 5.41) is 11.5. The van der Waals surface area contributed by atoms with Gasteiger partial charge in [-0.05, 0) is 44.5 Å². The lowest BCUT2D eigenvalue weighted by atomic mass is 9.96. The number of piperidine rings is 1. The van der Waals surface area contributed by atoms with Gasteiger partial charge in [0, 0.05) is 12.6 Å². The van der Waals surface area contributed by atoms with Crippen LogP contribution in [0.25, 0.3) is 0 Å². The van der Waals surface area contributed by atoms with E-state index in [1.807, 2.05) is 0 Å². The van der Waals surface area contributed by atoms with Gasteiger partial charge >= 0.3 is 0 Å². The summed E-state index contributed by atoms with van der Waals surface area (Å²) in [6, 6.07) is 4.83. The highest BCUT2D eigenvalue weighted by molar-refractivity contribution is 6.31. The van der Waals surface area contributed by atoms with E-state index in [1.54, 1.807) is 12.1 Å². The highest BCUT2D eigenvalue weighted by Gasteiger charge is 2.23. The molecule has 1 aromatic rings. The maximum Gasteiger partial charge on any atom is 0.275 e. The normalized spacial score (nSPS) is 17.6. The molecule has 0 atom stereocenters. The molecule has 0 aromatic heterocycles. The van der Waals surface area contributed by atoms with Crippen molar-refractivity contribution in [2.45, 2.75) is 19.4 Å². The number of nitrogens with zero attached hydrogens (tertiary/aromatic N) is 2. The lowest BCUT2D eigenvalue weighted by Crippen LogP contribution is -2.35. The third-order valence-corrected chi connectivity index (χ3v) is 4.07. The molecule has 2 N–H and O–H groups in total. The number of nitrogens with two attached hydrogens (primary N) is 1. The second-order valence-corrected chi connectivity index (χ2v) is 5.36. The molecule has 1 fully saturated rings. The Labute approximate surface area is 117 Å². The van der Waals surface area contributed by atoms with E-state index in [4.69, 9.17) is 17.3 Å². The lowest BCUT2D eigenvalue weighted by Gasteiger charge is -2.31. The molecule has 1 aliphatic rings. The molecular formula is C13H18ClN3O2. The minimum absolute atomic E-state index is 0.105. The van der Waals surface area contributed by atoms with E-state index in [2.05, 4.69) is 4.90 Å². The average molecular weight is 284 g/mol. The lowest BCUT2D eigenvalue weighted by molar-refractivity contribution is -0.385. The Kier molecular flexibility index (Phi) is 4.74. The molecule has 1 aliphatic heterocycles. The van der Waals surface area contributed by atoms with Crippen LogP contribution in [0.1, 0.15) is 18.4 Å². The molecule has 104 valence electrons. The number of nitro benzene ring substituents is 1. The number of rotatable bonds is 4. The van der Waals surface area contributed by atoms with Gasteiger partial charge in [-0.15, -0.1) is 0 Å². The van der Waals surface area contributed by atoms with Gasteiger partial charge in [0.2, 0.25) is 0 Å². The van der Waals surface area contributed by atoms with E-state index < -0.39 is 0 Å². The molecule has 6 heteroatoms. The number of halogens is 1. The van der Waals surface area contributed by atoms with E-state index in [-0.39, 0.29) is 10.6 Å². The standard InChI is InChI=1S/C13H18ClN3O2/c14-12-2-1-3-13(17(18)19)11(12)9-16-6-4-10(8-15)5-7-16/h1-3,10H,4-9,15H2. The van der Waals surface area contributed by atoms with Crippen LogP contribution in [0.4, 0.5) is 5.69 Å². The van der Waals surface area contributed by atoms with Gasteiger partial charge in [0.15, 0.2) is 0 Å². The largest absolute Gasteiger partial charge is 0.330 e. The Morgan fingerprint density at radius 2 is 2.11 bits per heavy atom. The Morgan fingerprint density at radius 1 is 1.42 bits per heavy atom. The first kappa shape index (κ1) is 14.2. The minimum atomic E-state index is -0.367. The zero-order chi connectivity index (χ0) is 13.8. The zero-order valence-corrected chi connectivity index (χ0v) is 11.5. The number of nitro groups is 1. The van der Waals surface area contributed by atoms with Crippen LogP contribution in [0.5, 0.6) is 0 Å². The average Bonchev–Trinajstić information content (AvgIpc) is 2.41. The summed E-state index contributed by atoms with van der Waals surface area (Å²) in [5.41, 5.74) is 6.38. The van der Waals surface area contributed by atoms with Crippen molar-refractivity contribution in [1.29, 1.82) is 0 Å². The Morgan fingerprint density at radius 3 is 2.68 bits per heavy atom. The molecule has 0 bridgehead atoms. The first-order valence-corrected chi connectivity index (χ1v) is 6.83. The van der Waals surface area contributed by atoms with Gasteiger partial charge in [-0.25, -0.2) is 0 Å². The first-order chi connectivity index (χ1) is 9.11. The fourth-order valence-electron chi connectivity index (χ4n) is 2.48. The van der Waals surface area contributed by atoms with E-state index in [0.717, 1.165) is 32.5 Å². The molecule has 0 spiro atoms. The molecular weight excluding hydrogens is 266 g/mol. The van der Waals surface area contributed by atoms with Crippen LogP contribution >= 0.6 is 11.6 Å². The van der Waals surface area contributed by atoms with Gasteiger partial charge in [-0.1, -0.05) is 17.7 Å². The summed E-state index contributed by atoms with van der Waals surface area (Å²) < 4.78 is 0. The number of hydrogen-bond acceptors (Lipinski definition) is 4. The second-order valence-electron chi connectivity index (χ2n) is 4.95. The summed E-state index contributed by atoms with van der Waals surface area (Å²) in [5.74, 6) is 0.581. The number of hydrogen-bond donors (Lipinski definition) is 1. The Hall–Kier alpha value is -1.17. The van der Waals surface area contributed by atoms with Gasteiger partial charge < -0.3 is 5.73 Å². The highest BCUT2D eigenvalue weighted by atomic mass is 35.5. The van der Waals surface area contributed by atoms with Gasteiger partial charge in [0.25, 0.3) is 5.69 Å². The summed E-state index contributed by atoms with van der Waals surface area (Å²) in [7, 11) is 0. The zero-order valence-electron chi connectivity index (χ0n) is 10.7. The SMILES string of the molecule is NCC1CCN(Cc2c(Cl)cccc2[N+](=O)[O-])CC1. The van der Waals surface area contributed by atoms with Crippen molar-refractivity contribution < 1.29 is 4.92 Å². The molecule has 19 heavy (non-hydrogen) atoms. The minimum Gasteiger partial charge on any atom is -0.330 e. The smallest absolute Gasteiger partial charge is 0.275 e. The maximum absolute atomic E-state index is 11.0. The summed E-state index contributed by atoms with van der Waals surface area (Å²) in [4.78, 5) is 12.9. The van der Waals surface area contributed by atoms with Crippen LogP contribution in [-0.4, -0.2) is 29.5 Å². The third-order valence-electron chi connectivity index (χ3n) is 3.71. The molecule has 0 amide bonds. The van der Waals surface area contributed by atoms with Crippen LogP contribution in [-0.2, 0) is 6.54 Å². The topological polar surface area (TPSA) is 72.4 Å². The molecule has 0 unspecified atom stereocenters. The number of likely N-dealkylation sites (tertiary alicyclic amines) is 1. The van der Waals surface area contributed by atoms with Crippen LogP contribution in [0.3, 0.4) is 0 Å². The third kappa shape index (κ3) is 3.43. The summed E-state index contributed by atoms with van der Waals surface area (Å²) in [6.07, 6.45) is 2.10. The monoisotopic (exact) mass is 283 g/mol. The quantitative estimate of drug-likeness (QED) is 0.680. The maximum atomic E-state index is 11.0. The van der Waals surface area contributed by atoms with Crippen LogP contribution in [0, 0.1) is 16.0 Å². The molecule has 1 heterocycles. The predicted octanol–water partition coefficient (Wildman–Crippen LogP) is 2.42. The van der Waals surface area contributed by atoms with E-state index in [9.17, 15) is 10.1 Å². The molecule has 0 aliphatic carbocycles. The van der Waals surface area contributed by atoms with Crippen LogP contribution < -0.4 is 5.73 Å². The molecule has 1 aromatic carbocycles.